The Hall–Kier alpha value is -4.50. The monoisotopic (exact) mass is 532 g/mol. The summed E-state index contributed by atoms with van der Waals surface area (Å²) >= 11 is 0. The molecule has 0 aliphatic rings. The van der Waals surface area contributed by atoms with E-state index in [0.717, 1.165) is 5.56 Å². The number of methoxy groups -OCH3 is 3. The number of ether oxygens (including phenoxy) is 4. The SMILES string of the molecule is COc1cccc(-c2cc(C(=O)Nc3cc4cc(OC)c(OCCN(C)C)c(C)c4oc3=O)ccc2OC)c1. The number of carbonyl (C=O) groups is 1. The summed E-state index contributed by atoms with van der Waals surface area (Å²) in [5.41, 5.74) is 2.19. The largest absolute Gasteiger partial charge is 0.497 e. The van der Waals surface area contributed by atoms with Crippen molar-refractivity contribution < 1.29 is 28.2 Å². The highest BCUT2D eigenvalue weighted by Gasteiger charge is 2.19. The van der Waals surface area contributed by atoms with Crippen LogP contribution in [0.3, 0.4) is 0 Å². The van der Waals surface area contributed by atoms with Crippen molar-refractivity contribution in [2.75, 3.05) is 53.9 Å². The molecule has 1 N–H and O–H groups in total. The van der Waals surface area contributed by atoms with E-state index < -0.39 is 11.5 Å². The van der Waals surface area contributed by atoms with Crippen molar-refractivity contribution in [2.24, 2.45) is 0 Å². The third-order valence-corrected chi connectivity index (χ3v) is 6.26. The number of anilines is 1. The Balaban J connectivity index is 1.66. The Morgan fingerprint density at radius 2 is 1.72 bits per heavy atom. The van der Waals surface area contributed by atoms with Crippen LogP contribution in [0.1, 0.15) is 15.9 Å². The molecule has 0 fully saturated rings. The summed E-state index contributed by atoms with van der Waals surface area (Å²) in [6.45, 7) is 2.95. The molecule has 0 aliphatic heterocycles. The van der Waals surface area contributed by atoms with Gasteiger partial charge in [0.15, 0.2) is 11.5 Å². The van der Waals surface area contributed by atoms with E-state index in [9.17, 15) is 9.59 Å². The molecule has 4 aromatic rings. The van der Waals surface area contributed by atoms with Crippen LogP contribution in [0.15, 0.2) is 63.8 Å². The van der Waals surface area contributed by atoms with Gasteiger partial charge in [-0.1, -0.05) is 12.1 Å². The van der Waals surface area contributed by atoms with Crippen LogP contribution in [0.5, 0.6) is 23.0 Å². The number of nitrogens with one attached hydrogen (secondary N) is 1. The highest BCUT2D eigenvalue weighted by atomic mass is 16.5. The molecule has 204 valence electrons. The Bertz CT molecular complexity index is 1560. The number of nitrogens with zero attached hydrogens (tertiary/aromatic N) is 1. The number of carbonyl (C=O) groups excluding carboxylic acids is 1. The zero-order valence-electron chi connectivity index (χ0n) is 22.9. The van der Waals surface area contributed by atoms with Crippen molar-refractivity contribution in [3.05, 3.63) is 76.1 Å². The lowest BCUT2D eigenvalue weighted by molar-refractivity contribution is 0.102. The first-order valence-electron chi connectivity index (χ1n) is 12.3. The number of hydrogen-bond acceptors (Lipinski definition) is 8. The molecule has 0 saturated carbocycles. The maximum atomic E-state index is 13.2. The van der Waals surface area contributed by atoms with Gasteiger partial charge in [-0.15, -0.1) is 0 Å². The van der Waals surface area contributed by atoms with E-state index in [1.807, 2.05) is 43.3 Å². The van der Waals surface area contributed by atoms with Gasteiger partial charge in [-0.3, -0.25) is 4.79 Å². The van der Waals surface area contributed by atoms with E-state index >= 15 is 0 Å². The van der Waals surface area contributed by atoms with Gasteiger partial charge in [-0.05, 0) is 69.0 Å². The minimum absolute atomic E-state index is 0.00831. The smallest absolute Gasteiger partial charge is 0.360 e. The van der Waals surface area contributed by atoms with Crippen LogP contribution in [0, 0.1) is 6.92 Å². The highest BCUT2D eigenvalue weighted by molar-refractivity contribution is 6.06. The zero-order valence-corrected chi connectivity index (χ0v) is 22.9. The van der Waals surface area contributed by atoms with Gasteiger partial charge in [0.25, 0.3) is 5.91 Å². The Morgan fingerprint density at radius 3 is 2.41 bits per heavy atom. The summed E-state index contributed by atoms with van der Waals surface area (Å²) < 4.78 is 27.9. The van der Waals surface area contributed by atoms with Crippen LogP contribution in [0.2, 0.25) is 0 Å². The summed E-state index contributed by atoms with van der Waals surface area (Å²) in [7, 11) is 8.60. The molecule has 0 radical (unpaired) electrons. The molecule has 9 nitrogen and oxygen atoms in total. The zero-order chi connectivity index (χ0) is 28.1. The molecule has 4 rings (SSSR count). The number of benzene rings is 3. The first-order valence-corrected chi connectivity index (χ1v) is 12.3. The Labute approximate surface area is 226 Å². The van der Waals surface area contributed by atoms with Gasteiger partial charge in [-0.25, -0.2) is 4.79 Å². The van der Waals surface area contributed by atoms with E-state index in [-0.39, 0.29) is 5.69 Å². The van der Waals surface area contributed by atoms with Gasteiger partial charge in [0.05, 0.1) is 21.3 Å². The number of amides is 1. The standard InChI is InChI=1S/C30H32N2O7/c1-18-27-21(17-26(37-6)28(18)38-13-12-32(2)3)16-24(30(34)39-27)31-29(33)20-10-11-25(36-5)23(15-20)19-8-7-9-22(14-19)35-4/h7-11,14-17H,12-13H2,1-6H3,(H,31,33). The fourth-order valence-electron chi connectivity index (χ4n) is 4.19. The molecule has 1 amide bonds. The third kappa shape index (κ3) is 5.99. The molecule has 9 heteroatoms. The van der Waals surface area contributed by atoms with Crippen molar-refractivity contribution in [3.63, 3.8) is 0 Å². The molecule has 3 aromatic carbocycles. The van der Waals surface area contributed by atoms with Gasteiger partial charge in [0.2, 0.25) is 0 Å². The first-order chi connectivity index (χ1) is 18.7. The second kappa shape index (κ2) is 11.9. The fraction of sp³-hybridized carbons (Fsp3) is 0.267. The maximum absolute atomic E-state index is 13.2. The van der Waals surface area contributed by atoms with Crippen LogP contribution in [0.25, 0.3) is 22.1 Å². The summed E-state index contributed by atoms with van der Waals surface area (Å²) in [4.78, 5) is 28.1. The predicted molar refractivity (Wildman–Crippen MR) is 151 cm³/mol. The first kappa shape index (κ1) is 27.5. The van der Waals surface area contributed by atoms with Crippen molar-refractivity contribution in [2.45, 2.75) is 6.92 Å². The summed E-state index contributed by atoms with van der Waals surface area (Å²) in [5.74, 6) is 1.81. The lowest BCUT2D eigenvalue weighted by Crippen LogP contribution is -2.20. The molecule has 0 aliphatic carbocycles. The quantitative estimate of drug-likeness (QED) is 0.285. The average Bonchev–Trinajstić information content (AvgIpc) is 2.94. The van der Waals surface area contributed by atoms with Gasteiger partial charge in [0.1, 0.15) is 29.4 Å². The van der Waals surface area contributed by atoms with Crippen molar-refractivity contribution >= 4 is 22.6 Å². The molecular weight excluding hydrogens is 500 g/mol. The van der Waals surface area contributed by atoms with E-state index in [0.29, 0.717) is 63.8 Å². The second-order valence-corrected chi connectivity index (χ2v) is 9.15. The maximum Gasteiger partial charge on any atom is 0.360 e. The molecule has 39 heavy (non-hydrogen) atoms. The van der Waals surface area contributed by atoms with Gasteiger partial charge in [-0.2, -0.15) is 0 Å². The number of likely N-dealkylation sites (N-methyl/N-ethyl adjacent to an activating group) is 1. The second-order valence-electron chi connectivity index (χ2n) is 9.15. The number of aryl methyl sites for hydroxylation is 1. The van der Waals surface area contributed by atoms with Crippen molar-refractivity contribution in [1.82, 2.24) is 4.90 Å². The van der Waals surface area contributed by atoms with Crippen LogP contribution in [-0.4, -0.2) is 59.4 Å². The topological polar surface area (TPSA) is 99.5 Å². The number of fused-ring (bicyclic) bond motifs is 1. The van der Waals surface area contributed by atoms with Gasteiger partial charge < -0.3 is 33.6 Å². The normalized spacial score (nSPS) is 10.9. The Kier molecular flexibility index (Phi) is 8.41. The number of hydrogen-bond donors (Lipinski definition) is 1. The van der Waals surface area contributed by atoms with Gasteiger partial charge in [0, 0.05) is 28.6 Å². The van der Waals surface area contributed by atoms with Crippen LogP contribution in [-0.2, 0) is 0 Å². The van der Waals surface area contributed by atoms with Crippen molar-refractivity contribution in [1.29, 1.82) is 0 Å². The molecule has 0 bridgehead atoms. The Morgan fingerprint density at radius 1 is 0.949 bits per heavy atom. The molecular formula is C30H32N2O7. The summed E-state index contributed by atoms with van der Waals surface area (Å²) in [5, 5.41) is 3.28. The van der Waals surface area contributed by atoms with E-state index in [4.69, 9.17) is 23.4 Å². The summed E-state index contributed by atoms with van der Waals surface area (Å²) in [6, 6.07) is 15.8. The van der Waals surface area contributed by atoms with Gasteiger partial charge >= 0.3 is 5.63 Å². The summed E-state index contributed by atoms with van der Waals surface area (Å²) in [6.07, 6.45) is 0. The van der Waals surface area contributed by atoms with E-state index in [1.165, 1.54) is 0 Å². The molecule has 0 unspecified atom stereocenters. The van der Waals surface area contributed by atoms with E-state index in [1.54, 1.807) is 58.6 Å². The highest BCUT2D eigenvalue weighted by Crippen LogP contribution is 2.37. The van der Waals surface area contributed by atoms with E-state index in [2.05, 4.69) is 5.32 Å². The lowest BCUT2D eigenvalue weighted by Gasteiger charge is -2.17. The minimum atomic E-state index is -0.676. The minimum Gasteiger partial charge on any atom is -0.497 e. The fourth-order valence-corrected chi connectivity index (χ4v) is 4.19. The molecule has 0 saturated heterocycles. The molecule has 0 atom stereocenters. The average molecular weight is 533 g/mol. The van der Waals surface area contributed by atoms with Crippen LogP contribution < -0.4 is 29.9 Å². The number of rotatable bonds is 10. The molecule has 1 aromatic heterocycles. The predicted octanol–water partition coefficient (Wildman–Crippen LogP) is 4.99. The van der Waals surface area contributed by atoms with Crippen LogP contribution >= 0.6 is 0 Å². The van der Waals surface area contributed by atoms with Crippen molar-refractivity contribution in [3.8, 4) is 34.1 Å². The molecule has 0 spiro atoms. The molecule has 1 heterocycles. The third-order valence-electron chi connectivity index (χ3n) is 6.26. The van der Waals surface area contributed by atoms with Crippen LogP contribution in [0.4, 0.5) is 5.69 Å². The lowest BCUT2D eigenvalue weighted by atomic mass is 10.0.